The van der Waals surface area contributed by atoms with E-state index in [0.29, 0.717) is 11.7 Å². The van der Waals surface area contributed by atoms with Crippen molar-refractivity contribution in [1.82, 2.24) is 5.32 Å². The Balaban J connectivity index is 2.07. The van der Waals surface area contributed by atoms with E-state index in [-0.39, 0.29) is 0 Å². The summed E-state index contributed by atoms with van der Waals surface area (Å²) in [6.45, 7) is 0. The van der Waals surface area contributed by atoms with Crippen molar-refractivity contribution < 1.29 is 0 Å². The largest absolute Gasteiger partial charge is 0.385 e. The third-order valence-electron chi connectivity index (χ3n) is 3.22. The highest BCUT2D eigenvalue weighted by Crippen LogP contribution is 2.25. The molecule has 100 valence electrons. The molecule has 0 saturated heterocycles. The molecule has 0 aliphatic carbocycles. The van der Waals surface area contributed by atoms with Crippen molar-refractivity contribution in [2.75, 3.05) is 0 Å². The van der Waals surface area contributed by atoms with Crippen LogP contribution < -0.4 is 16.8 Å². The van der Waals surface area contributed by atoms with Crippen LogP contribution in [0.5, 0.6) is 0 Å². The highest BCUT2D eigenvalue weighted by atomic mass is 15.2. The Labute approximate surface area is 117 Å². The zero-order valence-corrected chi connectivity index (χ0v) is 11.0. The molecule has 1 unspecified atom stereocenters. The molecule has 0 saturated carbocycles. The second-order valence-electron chi connectivity index (χ2n) is 4.74. The smallest absolute Gasteiger partial charge is 0.158 e. The predicted octanol–water partition coefficient (Wildman–Crippen LogP) is 1.65. The summed E-state index contributed by atoms with van der Waals surface area (Å²) in [5.41, 5.74) is 13.3. The average Bonchev–Trinajstić information content (AvgIpc) is 2.48. The standard InChI is InChI=1S/C16H16N4/c17-14-11-16(18,13-9-5-2-6-10-13)20-15(19-14)12-7-3-1-4-8-12/h1-11H,17-18H2,(H,19,20). The summed E-state index contributed by atoms with van der Waals surface area (Å²) >= 11 is 0. The predicted molar refractivity (Wildman–Crippen MR) is 80.7 cm³/mol. The quantitative estimate of drug-likeness (QED) is 0.772. The molecular weight excluding hydrogens is 248 g/mol. The van der Waals surface area contributed by atoms with Gasteiger partial charge in [0, 0.05) is 11.6 Å². The lowest BCUT2D eigenvalue weighted by atomic mass is 9.99. The van der Waals surface area contributed by atoms with Crippen LogP contribution in [-0.2, 0) is 5.66 Å². The summed E-state index contributed by atoms with van der Waals surface area (Å²) in [5.74, 6) is 1.18. The summed E-state index contributed by atoms with van der Waals surface area (Å²) in [5, 5.41) is 3.07. The first kappa shape index (κ1) is 12.4. The van der Waals surface area contributed by atoms with Crippen molar-refractivity contribution in [3.63, 3.8) is 0 Å². The molecule has 1 aliphatic heterocycles. The SMILES string of the molecule is NC1=CC(N)(c2ccccc2)N=C(c2ccccc2)N1. The van der Waals surface area contributed by atoms with Gasteiger partial charge in [-0.2, -0.15) is 0 Å². The third-order valence-corrected chi connectivity index (χ3v) is 3.22. The number of nitrogens with one attached hydrogen (secondary N) is 1. The first-order valence-corrected chi connectivity index (χ1v) is 6.42. The van der Waals surface area contributed by atoms with Gasteiger partial charge < -0.3 is 11.1 Å². The lowest BCUT2D eigenvalue weighted by Gasteiger charge is -2.29. The van der Waals surface area contributed by atoms with E-state index in [4.69, 9.17) is 11.5 Å². The number of rotatable bonds is 2. The molecule has 4 nitrogen and oxygen atoms in total. The Morgan fingerprint density at radius 1 is 0.900 bits per heavy atom. The van der Waals surface area contributed by atoms with Gasteiger partial charge in [-0.25, -0.2) is 4.99 Å². The summed E-state index contributed by atoms with van der Waals surface area (Å²) in [6.07, 6.45) is 1.73. The van der Waals surface area contributed by atoms with Gasteiger partial charge in [-0.1, -0.05) is 60.7 Å². The summed E-state index contributed by atoms with van der Waals surface area (Å²) in [4.78, 5) is 4.63. The Morgan fingerprint density at radius 3 is 2.15 bits per heavy atom. The molecule has 2 aromatic rings. The molecule has 1 heterocycles. The van der Waals surface area contributed by atoms with Crippen molar-refractivity contribution in [3.05, 3.63) is 83.7 Å². The van der Waals surface area contributed by atoms with E-state index >= 15 is 0 Å². The maximum Gasteiger partial charge on any atom is 0.158 e. The van der Waals surface area contributed by atoms with E-state index in [0.717, 1.165) is 11.1 Å². The minimum atomic E-state index is -0.943. The van der Waals surface area contributed by atoms with Crippen LogP contribution in [-0.4, -0.2) is 5.84 Å². The monoisotopic (exact) mass is 264 g/mol. The number of hydrogen-bond acceptors (Lipinski definition) is 4. The molecule has 3 rings (SSSR count). The first-order chi connectivity index (χ1) is 9.67. The van der Waals surface area contributed by atoms with Gasteiger partial charge in [-0.15, -0.1) is 0 Å². The molecule has 20 heavy (non-hydrogen) atoms. The molecule has 2 aromatic carbocycles. The van der Waals surface area contributed by atoms with E-state index in [9.17, 15) is 0 Å². The molecular formula is C16H16N4. The van der Waals surface area contributed by atoms with Crippen molar-refractivity contribution in [2.24, 2.45) is 16.5 Å². The van der Waals surface area contributed by atoms with Crippen LogP contribution in [0, 0.1) is 0 Å². The zero-order valence-electron chi connectivity index (χ0n) is 11.0. The normalized spacial score (nSPS) is 21.6. The molecule has 1 atom stereocenters. The van der Waals surface area contributed by atoms with Crippen LogP contribution in [0.15, 0.2) is 77.6 Å². The molecule has 0 amide bonds. The Morgan fingerprint density at radius 2 is 1.50 bits per heavy atom. The van der Waals surface area contributed by atoms with Crippen LogP contribution in [0.3, 0.4) is 0 Å². The number of aliphatic imine (C=N–C) groups is 1. The van der Waals surface area contributed by atoms with Crippen molar-refractivity contribution >= 4 is 5.84 Å². The van der Waals surface area contributed by atoms with Gasteiger partial charge in [0.2, 0.25) is 0 Å². The zero-order chi connectivity index (χ0) is 14.0. The van der Waals surface area contributed by atoms with E-state index in [1.807, 2.05) is 60.7 Å². The molecule has 0 bridgehead atoms. The third kappa shape index (κ3) is 2.29. The lowest BCUT2D eigenvalue weighted by Crippen LogP contribution is -2.43. The Bertz CT molecular complexity index is 661. The molecule has 5 N–H and O–H groups in total. The molecule has 0 spiro atoms. The van der Waals surface area contributed by atoms with E-state index in [1.165, 1.54) is 0 Å². The second kappa shape index (κ2) is 4.83. The fourth-order valence-corrected chi connectivity index (χ4v) is 2.24. The van der Waals surface area contributed by atoms with Crippen LogP contribution in [0.1, 0.15) is 11.1 Å². The number of nitrogens with zero attached hydrogens (tertiary/aromatic N) is 1. The van der Waals surface area contributed by atoms with Crippen LogP contribution >= 0.6 is 0 Å². The fourth-order valence-electron chi connectivity index (χ4n) is 2.24. The average molecular weight is 264 g/mol. The highest BCUT2D eigenvalue weighted by Gasteiger charge is 2.28. The highest BCUT2D eigenvalue weighted by molar-refractivity contribution is 6.00. The lowest BCUT2D eigenvalue weighted by molar-refractivity contribution is 0.574. The Hall–Kier alpha value is -2.59. The van der Waals surface area contributed by atoms with Gasteiger partial charge >= 0.3 is 0 Å². The number of amidine groups is 1. The van der Waals surface area contributed by atoms with E-state index < -0.39 is 5.66 Å². The van der Waals surface area contributed by atoms with E-state index in [1.54, 1.807) is 6.08 Å². The molecule has 4 heteroatoms. The van der Waals surface area contributed by atoms with Crippen LogP contribution in [0.2, 0.25) is 0 Å². The maximum absolute atomic E-state index is 6.41. The van der Waals surface area contributed by atoms with Gasteiger partial charge in [-0.05, 0) is 5.56 Å². The van der Waals surface area contributed by atoms with Crippen molar-refractivity contribution in [1.29, 1.82) is 0 Å². The van der Waals surface area contributed by atoms with Gasteiger partial charge in [0.05, 0.1) is 0 Å². The number of hydrogen-bond donors (Lipinski definition) is 3. The molecule has 0 radical (unpaired) electrons. The van der Waals surface area contributed by atoms with Gasteiger partial charge in [0.1, 0.15) is 11.7 Å². The second-order valence-corrected chi connectivity index (χ2v) is 4.74. The van der Waals surface area contributed by atoms with Crippen LogP contribution in [0.4, 0.5) is 0 Å². The molecule has 0 fully saturated rings. The number of benzene rings is 2. The fraction of sp³-hybridized carbons (Fsp3) is 0.0625. The summed E-state index contributed by atoms with van der Waals surface area (Å²) < 4.78 is 0. The van der Waals surface area contributed by atoms with Crippen molar-refractivity contribution in [2.45, 2.75) is 5.66 Å². The van der Waals surface area contributed by atoms with Crippen LogP contribution in [0.25, 0.3) is 0 Å². The van der Waals surface area contributed by atoms with E-state index in [2.05, 4.69) is 10.3 Å². The van der Waals surface area contributed by atoms with Crippen molar-refractivity contribution in [3.8, 4) is 0 Å². The maximum atomic E-state index is 6.41. The molecule has 1 aliphatic rings. The number of nitrogens with two attached hydrogens (primary N) is 2. The first-order valence-electron chi connectivity index (χ1n) is 6.42. The van der Waals surface area contributed by atoms with Gasteiger partial charge in [-0.3, -0.25) is 5.73 Å². The Kier molecular flexibility index (Phi) is 3.00. The van der Waals surface area contributed by atoms with Gasteiger partial charge in [0.25, 0.3) is 0 Å². The topological polar surface area (TPSA) is 76.4 Å². The summed E-state index contributed by atoms with van der Waals surface area (Å²) in [6, 6.07) is 19.5. The minimum absolute atomic E-state index is 0.505. The van der Waals surface area contributed by atoms with Gasteiger partial charge in [0.15, 0.2) is 5.66 Å². The summed E-state index contributed by atoms with van der Waals surface area (Å²) in [7, 11) is 0. The molecule has 0 aromatic heterocycles. The minimum Gasteiger partial charge on any atom is -0.385 e.